The van der Waals surface area contributed by atoms with Crippen molar-refractivity contribution < 1.29 is 23.3 Å². The van der Waals surface area contributed by atoms with Crippen molar-refractivity contribution in [3.05, 3.63) is 153 Å². The maximum Gasteiger partial charge on any atom is -0.0180 e. The zero-order chi connectivity index (χ0) is 27.1. The van der Waals surface area contributed by atoms with Gasteiger partial charge in [-0.2, -0.15) is 11.1 Å². The van der Waals surface area contributed by atoms with Crippen molar-refractivity contribution in [3.8, 4) is 33.4 Å². The minimum Gasteiger partial charge on any atom is -0.150 e. The molecule has 0 saturated heterocycles. The molecule has 1 aliphatic rings. The summed E-state index contributed by atoms with van der Waals surface area (Å²) >= 11 is 1.36. The first-order valence-corrected chi connectivity index (χ1v) is 17.1. The number of rotatable bonds is 3. The molecular formula is C38H38SiZr-4. The Bertz CT molecular complexity index is 1510. The molecule has 0 amide bonds. The van der Waals surface area contributed by atoms with Crippen LogP contribution in [0.4, 0.5) is 0 Å². The molecule has 2 radical (unpaired) electrons. The predicted octanol–water partition coefficient (Wildman–Crippen LogP) is 10.8. The van der Waals surface area contributed by atoms with Crippen LogP contribution in [0.2, 0.25) is 0 Å². The quantitative estimate of drug-likeness (QED) is 0.140. The fourth-order valence-electron chi connectivity index (χ4n) is 4.94. The third kappa shape index (κ3) is 7.62. The molecular weight excluding hydrogens is 576 g/mol. The molecule has 0 heterocycles. The van der Waals surface area contributed by atoms with Crippen molar-refractivity contribution in [2.45, 2.75) is 27.7 Å². The molecule has 2 heteroatoms. The van der Waals surface area contributed by atoms with Gasteiger partial charge >= 0.3 is 30.2 Å². The average Bonchev–Trinajstić information content (AvgIpc) is 3.51. The second-order valence-electron chi connectivity index (χ2n) is 9.66. The smallest absolute Gasteiger partial charge is 0.0180 e. The molecule has 1 unspecified atom stereocenters. The molecule has 0 aromatic heterocycles. The SMILES string of the molecule is CC1=[C-]C(C)C(C)=C1C.[CH3-].[CH3-].[Si]=[Zr].c1ccc(-c2cc(-c3ccccc3)cc(-c3c[cH-]c4ccccc34)c2)cc1. The summed E-state index contributed by atoms with van der Waals surface area (Å²) in [5.74, 6) is 0.560. The molecule has 0 spiro atoms. The van der Waals surface area contributed by atoms with Crippen LogP contribution < -0.4 is 0 Å². The van der Waals surface area contributed by atoms with E-state index in [2.05, 4.69) is 156 Å². The third-order valence-electron chi connectivity index (χ3n) is 7.38. The topological polar surface area (TPSA) is 0 Å². The molecule has 0 saturated carbocycles. The van der Waals surface area contributed by atoms with Gasteiger partial charge in [-0.05, 0) is 28.3 Å². The van der Waals surface area contributed by atoms with E-state index >= 15 is 0 Å². The molecule has 5 aromatic rings. The fraction of sp³-hybridized carbons (Fsp3) is 0.132. The standard InChI is InChI=1S/C27H19.C9H13.2CH3.Si.Zr/c1-3-9-20(10-4-1)23-17-24(21-11-5-2-6-12-21)19-25(18-23)27-16-15-22-13-7-8-14-26(22)27;1-6-5-7(2)9(4)8(6)3;;;;/h1-19H;6H,1-4H3;2*1H3;;/q4*-1;;. The largest absolute Gasteiger partial charge is 0.150 e. The minimum absolute atomic E-state index is 0. The van der Waals surface area contributed by atoms with E-state index in [1.807, 2.05) is 0 Å². The molecule has 1 atom stereocenters. The van der Waals surface area contributed by atoms with Gasteiger partial charge in [-0.3, -0.25) is 6.08 Å². The van der Waals surface area contributed by atoms with Gasteiger partial charge in [0, 0.05) is 0 Å². The minimum atomic E-state index is 0. The molecule has 1 aliphatic carbocycles. The second-order valence-corrected chi connectivity index (χ2v) is 9.66. The summed E-state index contributed by atoms with van der Waals surface area (Å²) in [6.07, 6.45) is 3.36. The van der Waals surface area contributed by atoms with Crippen LogP contribution in [-0.4, -0.2) is 6.88 Å². The van der Waals surface area contributed by atoms with Gasteiger partial charge in [0.15, 0.2) is 0 Å². The molecule has 202 valence electrons. The van der Waals surface area contributed by atoms with E-state index in [1.165, 1.54) is 84.2 Å². The van der Waals surface area contributed by atoms with Crippen LogP contribution in [0, 0.1) is 26.8 Å². The molecule has 0 N–H and O–H groups in total. The van der Waals surface area contributed by atoms with Gasteiger partial charge in [-0.15, -0.1) is 53.6 Å². The van der Waals surface area contributed by atoms with Gasteiger partial charge in [0.25, 0.3) is 0 Å². The van der Waals surface area contributed by atoms with Crippen molar-refractivity contribution in [2.24, 2.45) is 5.92 Å². The molecule has 0 nitrogen and oxygen atoms in total. The summed E-state index contributed by atoms with van der Waals surface area (Å²) in [6, 6.07) is 41.2. The van der Waals surface area contributed by atoms with Crippen LogP contribution in [-0.2, 0) is 23.3 Å². The first-order chi connectivity index (χ1) is 18.5. The van der Waals surface area contributed by atoms with E-state index in [4.69, 9.17) is 0 Å². The van der Waals surface area contributed by atoms with E-state index in [-0.39, 0.29) is 14.9 Å². The van der Waals surface area contributed by atoms with Crippen molar-refractivity contribution in [1.82, 2.24) is 0 Å². The number of benzene rings is 4. The van der Waals surface area contributed by atoms with Crippen molar-refractivity contribution in [2.75, 3.05) is 0 Å². The van der Waals surface area contributed by atoms with Gasteiger partial charge in [0.2, 0.25) is 0 Å². The Labute approximate surface area is 259 Å². The Balaban J connectivity index is 0.000000369. The van der Waals surface area contributed by atoms with E-state index in [0.717, 1.165) is 0 Å². The Morgan fingerprint density at radius 2 is 1.12 bits per heavy atom. The molecule has 0 fully saturated rings. The fourth-order valence-corrected chi connectivity index (χ4v) is 4.94. The average molecular weight is 614 g/mol. The van der Waals surface area contributed by atoms with E-state index in [0.29, 0.717) is 5.92 Å². The van der Waals surface area contributed by atoms with Crippen molar-refractivity contribution in [3.63, 3.8) is 0 Å². The van der Waals surface area contributed by atoms with Gasteiger partial charge < -0.3 is 14.9 Å². The molecule has 5 aromatic carbocycles. The van der Waals surface area contributed by atoms with Crippen molar-refractivity contribution >= 4 is 17.7 Å². The number of fused-ring (bicyclic) bond motifs is 1. The molecule has 40 heavy (non-hydrogen) atoms. The Kier molecular flexibility index (Phi) is 13.1. The van der Waals surface area contributed by atoms with Crippen LogP contribution in [0.3, 0.4) is 0 Å². The van der Waals surface area contributed by atoms with E-state index in [9.17, 15) is 0 Å². The van der Waals surface area contributed by atoms with Gasteiger partial charge in [-0.25, -0.2) is 5.57 Å². The van der Waals surface area contributed by atoms with Gasteiger partial charge in [-0.1, -0.05) is 111 Å². The zero-order valence-electron chi connectivity index (χ0n) is 24.5. The number of hydrogen-bond donors (Lipinski definition) is 0. The summed E-state index contributed by atoms with van der Waals surface area (Å²) < 4.78 is 0. The summed E-state index contributed by atoms with van der Waals surface area (Å²) in [5, 5.41) is 2.60. The van der Waals surface area contributed by atoms with Crippen LogP contribution in [0.5, 0.6) is 0 Å². The monoisotopic (exact) mass is 612 g/mol. The third-order valence-corrected chi connectivity index (χ3v) is 7.38. The van der Waals surface area contributed by atoms with Crippen LogP contribution in [0.25, 0.3) is 44.2 Å². The summed E-state index contributed by atoms with van der Waals surface area (Å²) in [5.41, 5.74) is 11.8. The summed E-state index contributed by atoms with van der Waals surface area (Å²) in [6.45, 7) is 11.7. The first kappa shape index (κ1) is 33.3. The number of allylic oxidation sites excluding steroid dienone is 4. The van der Waals surface area contributed by atoms with Crippen LogP contribution in [0.15, 0.2) is 132 Å². The van der Waals surface area contributed by atoms with E-state index < -0.39 is 0 Å². The van der Waals surface area contributed by atoms with Gasteiger partial charge in [0.1, 0.15) is 0 Å². The Hall–Kier alpha value is -2.93. The predicted molar refractivity (Wildman–Crippen MR) is 174 cm³/mol. The summed E-state index contributed by atoms with van der Waals surface area (Å²) in [7, 11) is 0. The first-order valence-electron chi connectivity index (χ1n) is 12.9. The van der Waals surface area contributed by atoms with Gasteiger partial charge in [0.05, 0.1) is 0 Å². The number of hydrogen-bond acceptors (Lipinski definition) is 0. The molecule has 0 bridgehead atoms. The molecule has 0 aliphatic heterocycles. The second kappa shape index (κ2) is 15.8. The maximum atomic E-state index is 3.36. The Morgan fingerprint density at radius 1 is 0.650 bits per heavy atom. The van der Waals surface area contributed by atoms with Crippen LogP contribution in [0.1, 0.15) is 27.7 Å². The molecule has 6 rings (SSSR count). The Morgan fingerprint density at radius 3 is 1.57 bits per heavy atom. The summed E-state index contributed by atoms with van der Waals surface area (Å²) in [4.78, 5) is 0. The van der Waals surface area contributed by atoms with Crippen LogP contribution >= 0.6 is 0 Å². The van der Waals surface area contributed by atoms with Crippen molar-refractivity contribution in [1.29, 1.82) is 0 Å². The zero-order valence-corrected chi connectivity index (χ0v) is 28.0. The maximum absolute atomic E-state index is 3.36. The van der Waals surface area contributed by atoms with E-state index in [1.54, 1.807) is 0 Å². The normalized spacial score (nSPS) is 13.6.